The van der Waals surface area contributed by atoms with Gasteiger partial charge in [-0.1, -0.05) is 0 Å². The Hall–Kier alpha value is -1.60. The number of benzene rings is 1. The van der Waals surface area contributed by atoms with Crippen LogP contribution in [0.3, 0.4) is 0 Å². The fourth-order valence-corrected chi connectivity index (χ4v) is 2.84. The summed E-state index contributed by atoms with van der Waals surface area (Å²) in [5, 5.41) is 2.37. The van der Waals surface area contributed by atoms with Crippen LogP contribution in [0, 0.1) is 6.92 Å². The summed E-state index contributed by atoms with van der Waals surface area (Å²) in [6.07, 6.45) is 0. The zero-order chi connectivity index (χ0) is 13.9. The Bertz CT molecular complexity index is 534. The molecule has 0 aliphatic carbocycles. The molecule has 4 N–H and O–H groups in total. The van der Waals surface area contributed by atoms with Gasteiger partial charge in [0.2, 0.25) is 15.9 Å². The number of carbonyl (C=O) groups is 1. The van der Waals surface area contributed by atoms with E-state index >= 15 is 0 Å². The molecule has 6 nitrogen and oxygen atoms in total. The summed E-state index contributed by atoms with van der Waals surface area (Å²) >= 11 is 0. The molecule has 1 aromatic carbocycles. The lowest BCUT2D eigenvalue weighted by Crippen LogP contribution is -2.43. The van der Waals surface area contributed by atoms with Crippen molar-refractivity contribution in [2.24, 2.45) is 0 Å². The molecule has 0 aromatic heterocycles. The van der Waals surface area contributed by atoms with Crippen molar-refractivity contribution in [3.63, 3.8) is 0 Å². The molecule has 0 radical (unpaired) electrons. The lowest BCUT2D eigenvalue weighted by Gasteiger charge is -2.13. The minimum atomic E-state index is -3.75. The normalized spacial score (nSPS) is 13.1. The predicted molar refractivity (Wildman–Crippen MR) is 69.4 cm³/mol. The van der Waals surface area contributed by atoms with Crippen LogP contribution >= 0.6 is 0 Å². The van der Waals surface area contributed by atoms with E-state index in [4.69, 9.17) is 5.73 Å². The number of amides is 1. The Balaban J connectivity index is 3.03. The molecule has 1 rings (SSSR count). The third kappa shape index (κ3) is 3.44. The molecule has 0 aliphatic rings. The van der Waals surface area contributed by atoms with E-state index < -0.39 is 22.0 Å². The summed E-state index contributed by atoms with van der Waals surface area (Å²) in [5.74, 6) is -0.404. The Morgan fingerprint density at radius 2 is 1.94 bits per heavy atom. The predicted octanol–water partition coefficient (Wildman–Crippen LogP) is -0.00998. The summed E-state index contributed by atoms with van der Waals surface area (Å²) in [6, 6.07) is 3.67. The number of likely N-dealkylation sites (N-methyl/N-ethyl adjacent to an activating group) is 1. The van der Waals surface area contributed by atoms with Gasteiger partial charge in [0.05, 0.1) is 10.9 Å². The second-order valence-electron chi connectivity index (χ2n) is 4.04. The fourth-order valence-electron chi connectivity index (χ4n) is 1.50. The van der Waals surface area contributed by atoms with Crippen molar-refractivity contribution in [2.75, 3.05) is 12.8 Å². The number of anilines is 1. The topological polar surface area (TPSA) is 101 Å². The lowest BCUT2D eigenvalue weighted by atomic mass is 10.2. The minimum Gasteiger partial charge on any atom is -0.399 e. The second kappa shape index (κ2) is 5.36. The zero-order valence-corrected chi connectivity index (χ0v) is 11.3. The smallest absolute Gasteiger partial charge is 0.241 e. The lowest BCUT2D eigenvalue weighted by molar-refractivity contribution is -0.121. The van der Waals surface area contributed by atoms with Gasteiger partial charge in [-0.05, 0) is 37.6 Å². The quantitative estimate of drug-likeness (QED) is 0.670. The van der Waals surface area contributed by atoms with Crippen molar-refractivity contribution in [1.82, 2.24) is 10.0 Å². The van der Waals surface area contributed by atoms with Gasteiger partial charge < -0.3 is 11.1 Å². The standard InChI is InChI=1S/C11H17N3O3S/c1-7-4-9(12)6-10(5-7)18(16,17)14-8(2)11(15)13-3/h4-6,8,14H,12H2,1-3H3,(H,13,15). The van der Waals surface area contributed by atoms with Crippen LogP contribution in [-0.4, -0.2) is 27.4 Å². The van der Waals surface area contributed by atoms with Crippen molar-refractivity contribution in [1.29, 1.82) is 0 Å². The van der Waals surface area contributed by atoms with Crippen molar-refractivity contribution < 1.29 is 13.2 Å². The van der Waals surface area contributed by atoms with Gasteiger partial charge >= 0.3 is 0 Å². The number of sulfonamides is 1. The van der Waals surface area contributed by atoms with E-state index in [0.717, 1.165) is 5.56 Å². The van der Waals surface area contributed by atoms with Gasteiger partial charge in [0.15, 0.2) is 0 Å². The van der Waals surface area contributed by atoms with Crippen LogP contribution in [0.1, 0.15) is 12.5 Å². The van der Waals surface area contributed by atoms with Gasteiger partial charge in [0.25, 0.3) is 0 Å². The molecule has 1 atom stereocenters. The van der Waals surface area contributed by atoms with E-state index in [1.807, 2.05) is 0 Å². The SMILES string of the molecule is CNC(=O)C(C)NS(=O)(=O)c1cc(C)cc(N)c1. The summed E-state index contributed by atoms with van der Waals surface area (Å²) in [5.41, 5.74) is 6.70. The molecule has 7 heteroatoms. The molecule has 1 amide bonds. The first-order chi connectivity index (χ1) is 8.26. The Morgan fingerprint density at radius 1 is 1.33 bits per heavy atom. The zero-order valence-electron chi connectivity index (χ0n) is 10.5. The van der Waals surface area contributed by atoms with Crippen molar-refractivity contribution in [3.8, 4) is 0 Å². The first-order valence-corrected chi connectivity index (χ1v) is 6.85. The van der Waals surface area contributed by atoms with Crippen molar-refractivity contribution >= 4 is 21.6 Å². The maximum atomic E-state index is 12.0. The second-order valence-corrected chi connectivity index (χ2v) is 5.75. The molecule has 0 spiro atoms. The molecule has 100 valence electrons. The molecule has 0 heterocycles. The van der Waals surface area contributed by atoms with Crippen molar-refractivity contribution in [2.45, 2.75) is 24.8 Å². The number of aryl methyl sites for hydroxylation is 1. The van der Waals surface area contributed by atoms with Crippen molar-refractivity contribution in [3.05, 3.63) is 23.8 Å². The molecular formula is C11H17N3O3S. The van der Waals surface area contributed by atoms with Gasteiger partial charge in [0, 0.05) is 12.7 Å². The Labute approximate surface area is 107 Å². The third-order valence-electron chi connectivity index (χ3n) is 2.36. The molecule has 0 fully saturated rings. The van der Waals surface area contributed by atoms with Gasteiger partial charge in [-0.15, -0.1) is 0 Å². The Kier molecular flexibility index (Phi) is 4.31. The minimum absolute atomic E-state index is 0.0516. The molecule has 0 aliphatic heterocycles. The number of nitrogen functional groups attached to an aromatic ring is 1. The maximum absolute atomic E-state index is 12.0. The summed E-state index contributed by atoms with van der Waals surface area (Å²) < 4.78 is 26.3. The number of hydrogen-bond acceptors (Lipinski definition) is 4. The molecule has 18 heavy (non-hydrogen) atoms. The van der Waals surface area contributed by atoms with E-state index in [1.165, 1.54) is 26.1 Å². The number of nitrogens with one attached hydrogen (secondary N) is 2. The fraction of sp³-hybridized carbons (Fsp3) is 0.364. The third-order valence-corrected chi connectivity index (χ3v) is 3.88. The van der Waals surface area contributed by atoms with Gasteiger partial charge in [-0.3, -0.25) is 4.79 Å². The van der Waals surface area contributed by atoms with Crippen LogP contribution in [-0.2, 0) is 14.8 Å². The first-order valence-electron chi connectivity index (χ1n) is 5.37. The molecule has 1 aromatic rings. The summed E-state index contributed by atoms with van der Waals surface area (Å²) in [7, 11) is -2.31. The average Bonchev–Trinajstić information content (AvgIpc) is 2.26. The van der Waals surface area contributed by atoms with Crippen LogP contribution in [0.4, 0.5) is 5.69 Å². The molecule has 1 unspecified atom stereocenters. The van der Waals surface area contributed by atoms with E-state index in [9.17, 15) is 13.2 Å². The highest BCUT2D eigenvalue weighted by Crippen LogP contribution is 2.16. The highest BCUT2D eigenvalue weighted by atomic mass is 32.2. The molecule has 0 saturated heterocycles. The monoisotopic (exact) mass is 271 g/mol. The molecule has 0 saturated carbocycles. The van der Waals surface area contributed by atoms with Crippen LogP contribution in [0.2, 0.25) is 0 Å². The van der Waals surface area contributed by atoms with E-state index in [-0.39, 0.29) is 4.90 Å². The number of rotatable bonds is 4. The summed E-state index contributed by atoms with van der Waals surface area (Å²) in [4.78, 5) is 11.3. The van der Waals surface area contributed by atoms with Gasteiger partial charge in [0.1, 0.15) is 0 Å². The van der Waals surface area contributed by atoms with Gasteiger partial charge in [-0.25, -0.2) is 8.42 Å². The first kappa shape index (κ1) is 14.5. The Morgan fingerprint density at radius 3 is 2.44 bits per heavy atom. The maximum Gasteiger partial charge on any atom is 0.241 e. The van der Waals surface area contributed by atoms with Crippen LogP contribution in [0.25, 0.3) is 0 Å². The van der Waals surface area contributed by atoms with Crippen LogP contribution < -0.4 is 15.8 Å². The molecule has 0 bridgehead atoms. The summed E-state index contributed by atoms with van der Waals surface area (Å²) in [6.45, 7) is 3.22. The van der Waals surface area contributed by atoms with E-state index in [1.54, 1.807) is 13.0 Å². The highest BCUT2D eigenvalue weighted by Gasteiger charge is 2.21. The highest BCUT2D eigenvalue weighted by molar-refractivity contribution is 7.89. The van der Waals surface area contributed by atoms with E-state index in [2.05, 4.69) is 10.0 Å². The van der Waals surface area contributed by atoms with Crippen LogP contribution in [0.15, 0.2) is 23.1 Å². The largest absolute Gasteiger partial charge is 0.399 e. The molecular weight excluding hydrogens is 254 g/mol. The van der Waals surface area contributed by atoms with Gasteiger partial charge in [-0.2, -0.15) is 4.72 Å². The number of carbonyl (C=O) groups excluding carboxylic acids is 1. The number of nitrogens with two attached hydrogens (primary N) is 1. The van der Waals surface area contributed by atoms with Crippen LogP contribution in [0.5, 0.6) is 0 Å². The number of hydrogen-bond donors (Lipinski definition) is 3. The van der Waals surface area contributed by atoms with E-state index in [0.29, 0.717) is 5.69 Å². The average molecular weight is 271 g/mol.